The minimum absolute atomic E-state index is 0.00812. The molecule has 0 spiro atoms. The average Bonchev–Trinajstić information content (AvgIpc) is 3.52. The number of rotatable bonds is 4. The van der Waals surface area contributed by atoms with Crippen molar-refractivity contribution in [3.8, 4) is 0 Å². The molecule has 0 bridgehead atoms. The van der Waals surface area contributed by atoms with Gasteiger partial charge in [0, 0.05) is 9.86 Å². The van der Waals surface area contributed by atoms with Crippen LogP contribution < -0.4 is 4.90 Å². The van der Waals surface area contributed by atoms with Crippen molar-refractivity contribution >= 4 is 65.3 Å². The van der Waals surface area contributed by atoms with Gasteiger partial charge in [0.2, 0.25) is 5.78 Å². The second-order valence-corrected chi connectivity index (χ2v) is 9.91. The number of aliphatic hydroxyl groups excluding tert-OH is 1. The van der Waals surface area contributed by atoms with Gasteiger partial charge in [0.05, 0.1) is 21.8 Å². The third kappa shape index (κ3) is 3.55. The van der Waals surface area contributed by atoms with Gasteiger partial charge in [-0.2, -0.15) is 0 Å². The van der Waals surface area contributed by atoms with Crippen molar-refractivity contribution in [3.63, 3.8) is 0 Å². The van der Waals surface area contributed by atoms with Gasteiger partial charge in [-0.05, 0) is 48.0 Å². The molecule has 9 heteroatoms. The highest BCUT2D eigenvalue weighted by molar-refractivity contribution is 9.10. The number of fused-ring (bicyclic) bond motifs is 2. The number of benzene rings is 3. The Morgan fingerprint density at radius 2 is 1.91 bits per heavy atom. The van der Waals surface area contributed by atoms with Gasteiger partial charge in [0.15, 0.2) is 16.7 Å². The molecule has 0 aliphatic carbocycles. The standard InChI is InChI=1S/C26H14BrFN2O4S/c27-15-6-3-5-14(10-15)22-21(23(31)19-11-13-4-1-2-7-18(13)34-19)24(32)25(33)30(22)26-29-17-9-8-16(28)12-20(17)35-26/h1-12,22,32H. The van der Waals surface area contributed by atoms with Crippen LogP contribution in [0.1, 0.15) is 22.2 Å². The second kappa shape index (κ2) is 8.14. The number of ketones is 1. The minimum Gasteiger partial charge on any atom is -0.503 e. The molecule has 1 aliphatic rings. The van der Waals surface area contributed by atoms with E-state index in [1.807, 2.05) is 18.2 Å². The Morgan fingerprint density at radius 1 is 1.09 bits per heavy atom. The zero-order valence-corrected chi connectivity index (χ0v) is 20.1. The van der Waals surface area contributed by atoms with Crippen LogP contribution in [-0.4, -0.2) is 21.8 Å². The fourth-order valence-corrected chi connectivity index (χ4v) is 5.68. The van der Waals surface area contributed by atoms with E-state index in [2.05, 4.69) is 20.9 Å². The Labute approximate surface area is 210 Å². The summed E-state index contributed by atoms with van der Waals surface area (Å²) in [4.78, 5) is 32.8. The highest BCUT2D eigenvalue weighted by Gasteiger charge is 2.46. The van der Waals surface area contributed by atoms with Crippen molar-refractivity contribution in [3.05, 3.63) is 106 Å². The number of carbonyl (C=O) groups excluding carboxylic acids is 2. The quantitative estimate of drug-likeness (QED) is 0.252. The molecule has 1 N–H and O–H groups in total. The summed E-state index contributed by atoms with van der Waals surface area (Å²) in [5.41, 5.74) is 1.49. The topological polar surface area (TPSA) is 83.6 Å². The normalized spacial score (nSPS) is 16.1. The number of hydrogen-bond acceptors (Lipinski definition) is 6. The van der Waals surface area contributed by atoms with Gasteiger partial charge >= 0.3 is 0 Å². The van der Waals surface area contributed by atoms with Gasteiger partial charge in [-0.15, -0.1) is 0 Å². The lowest BCUT2D eigenvalue weighted by Crippen LogP contribution is -2.30. The highest BCUT2D eigenvalue weighted by Crippen LogP contribution is 2.44. The SMILES string of the molecule is O=C(C1=C(O)C(=O)N(c2nc3ccc(F)cc3s2)C1c1cccc(Br)c1)c1cc2ccccc2o1. The molecule has 6 nitrogen and oxygen atoms in total. The number of Topliss-reactive ketones (excluding diaryl/α,β-unsaturated/α-hetero) is 1. The van der Waals surface area contributed by atoms with E-state index in [0.717, 1.165) is 21.2 Å². The molecule has 1 aliphatic heterocycles. The Morgan fingerprint density at radius 3 is 2.71 bits per heavy atom. The van der Waals surface area contributed by atoms with E-state index in [4.69, 9.17) is 4.42 Å². The molecule has 3 heterocycles. The summed E-state index contributed by atoms with van der Waals surface area (Å²) in [7, 11) is 0. The lowest BCUT2D eigenvalue weighted by Gasteiger charge is -2.24. The lowest BCUT2D eigenvalue weighted by atomic mass is 9.95. The summed E-state index contributed by atoms with van der Waals surface area (Å²) in [6.45, 7) is 0. The van der Waals surface area contributed by atoms with E-state index in [1.54, 1.807) is 36.4 Å². The number of hydrogen-bond donors (Lipinski definition) is 1. The van der Waals surface area contributed by atoms with Crippen LogP contribution in [0.2, 0.25) is 0 Å². The minimum atomic E-state index is -0.967. The van der Waals surface area contributed by atoms with E-state index in [9.17, 15) is 19.1 Å². The first kappa shape index (κ1) is 21.7. The first-order valence-electron chi connectivity index (χ1n) is 10.5. The fourth-order valence-electron chi connectivity index (χ4n) is 4.24. The summed E-state index contributed by atoms with van der Waals surface area (Å²) < 4.78 is 20.8. The highest BCUT2D eigenvalue weighted by atomic mass is 79.9. The van der Waals surface area contributed by atoms with Gasteiger partial charge in [-0.1, -0.05) is 57.6 Å². The van der Waals surface area contributed by atoms with Gasteiger partial charge < -0.3 is 9.52 Å². The summed E-state index contributed by atoms with van der Waals surface area (Å²) in [5, 5.41) is 11.9. The number of furan rings is 1. The second-order valence-electron chi connectivity index (χ2n) is 7.98. The van der Waals surface area contributed by atoms with E-state index in [1.165, 1.54) is 23.1 Å². The molecule has 1 unspecified atom stereocenters. The van der Waals surface area contributed by atoms with Crippen LogP contribution in [0.5, 0.6) is 0 Å². The molecular weight excluding hydrogens is 535 g/mol. The van der Waals surface area contributed by atoms with Gasteiger partial charge in [0.25, 0.3) is 5.91 Å². The molecule has 172 valence electrons. The first-order valence-corrected chi connectivity index (χ1v) is 12.1. The van der Waals surface area contributed by atoms with E-state index < -0.39 is 29.3 Å². The molecule has 6 rings (SSSR count). The van der Waals surface area contributed by atoms with Crippen LogP contribution in [0.4, 0.5) is 9.52 Å². The Kier molecular flexibility index (Phi) is 5.05. The number of thiazole rings is 1. The van der Waals surface area contributed by atoms with Gasteiger partial charge in [-0.25, -0.2) is 9.37 Å². The Bertz CT molecular complexity index is 1670. The number of halogens is 2. The predicted molar refractivity (Wildman–Crippen MR) is 134 cm³/mol. The molecule has 1 atom stereocenters. The summed E-state index contributed by atoms with van der Waals surface area (Å²) in [6, 6.07) is 19.0. The summed E-state index contributed by atoms with van der Waals surface area (Å²) >= 11 is 4.54. The number of anilines is 1. The monoisotopic (exact) mass is 548 g/mol. The molecule has 0 fully saturated rings. The Hall–Kier alpha value is -3.82. The maximum Gasteiger partial charge on any atom is 0.296 e. The van der Waals surface area contributed by atoms with Crippen LogP contribution in [-0.2, 0) is 4.79 Å². The van der Waals surface area contributed by atoms with Crippen molar-refractivity contribution in [2.24, 2.45) is 0 Å². The molecule has 35 heavy (non-hydrogen) atoms. The predicted octanol–water partition coefficient (Wildman–Crippen LogP) is 6.73. The van der Waals surface area contributed by atoms with Crippen molar-refractivity contribution in [2.45, 2.75) is 6.04 Å². The smallest absolute Gasteiger partial charge is 0.296 e. The van der Waals surface area contributed by atoms with Crippen molar-refractivity contribution in [1.82, 2.24) is 4.98 Å². The Balaban J connectivity index is 1.52. The largest absolute Gasteiger partial charge is 0.503 e. The maximum atomic E-state index is 13.8. The number of carbonyl (C=O) groups is 2. The van der Waals surface area contributed by atoms with Crippen LogP contribution >= 0.6 is 27.3 Å². The first-order chi connectivity index (χ1) is 16.9. The van der Waals surface area contributed by atoms with Crippen molar-refractivity contribution < 1.29 is 23.5 Å². The zero-order valence-electron chi connectivity index (χ0n) is 17.7. The zero-order chi connectivity index (χ0) is 24.3. The lowest BCUT2D eigenvalue weighted by molar-refractivity contribution is -0.117. The molecular formula is C26H14BrFN2O4S. The molecule has 5 aromatic rings. The van der Waals surface area contributed by atoms with Crippen LogP contribution in [0.3, 0.4) is 0 Å². The van der Waals surface area contributed by atoms with Crippen molar-refractivity contribution in [1.29, 1.82) is 0 Å². The third-order valence-electron chi connectivity index (χ3n) is 5.81. The van der Waals surface area contributed by atoms with Gasteiger partial charge in [-0.3, -0.25) is 14.5 Å². The average molecular weight is 549 g/mol. The van der Waals surface area contributed by atoms with Gasteiger partial charge in [0.1, 0.15) is 11.4 Å². The number of aromatic nitrogens is 1. The summed E-state index contributed by atoms with van der Waals surface area (Å²) in [5.74, 6) is -2.47. The maximum absolute atomic E-state index is 13.8. The number of aliphatic hydroxyl groups is 1. The number of nitrogens with zero attached hydrogens (tertiary/aromatic N) is 2. The van der Waals surface area contributed by atoms with Crippen molar-refractivity contribution in [2.75, 3.05) is 4.90 Å². The molecule has 0 saturated carbocycles. The third-order valence-corrected chi connectivity index (χ3v) is 7.32. The molecule has 2 aromatic heterocycles. The number of para-hydroxylation sites is 1. The fraction of sp³-hybridized carbons (Fsp3) is 0.0385. The van der Waals surface area contributed by atoms with Crippen LogP contribution in [0.25, 0.3) is 21.2 Å². The van der Waals surface area contributed by atoms with E-state index in [0.29, 0.717) is 21.4 Å². The molecule has 3 aromatic carbocycles. The van der Waals surface area contributed by atoms with Crippen LogP contribution in [0, 0.1) is 5.82 Å². The van der Waals surface area contributed by atoms with Crippen LogP contribution in [0.15, 0.2) is 93.0 Å². The molecule has 0 saturated heterocycles. The van der Waals surface area contributed by atoms with E-state index >= 15 is 0 Å². The number of amides is 1. The molecule has 0 radical (unpaired) electrons. The summed E-state index contributed by atoms with van der Waals surface area (Å²) in [6.07, 6.45) is 0. The van der Waals surface area contributed by atoms with E-state index in [-0.39, 0.29) is 16.5 Å². The molecule has 1 amide bonds.